The van der Waals surface area contributed by atoms with Crippen LogP contribution in [0.4, 0.5) is 5.69 Å². The fourth-order valence-electron chi connectivity index (χ4n) is 2.64. The molecule has 1 heterocycles. The van der Waals surface area contributed by atoms with E-state index in [4.69, 9.17) is 5.73 Å². The quantitative estimate of drug-likeness (QED) is 0.924. The summed E-state index contributed by atoms with van der Waals surface area (Å²) in [6.07, 6.45) is 0. The van der Waals surface area contributed by atoms with E-state index in [0.29, 0.717) is 0 Å². The second-order valence-electron chi connectivity index (χ2n) is 5.47. The Labute approximate surface area is 129 Å². The fourth-order valence-corrected chi connectivity index (χ4v) is 3.56. The van der Waals surface area contributed by atoms with Crippen LogP contribution < -0.4 is 10.6 Å². The molecule has 1 aliphatic heterocycles. The molecule has 1 aliphatic rings. The first-order valence-corrected chi connectivity index (χ1v) is 7.71. The Kier molecular flexibility index (Phi) is 3.51. The zero-order valence-corrected chi connectivity index (χ0v) is 13.2. The van der Waals surface area contributed by atoms with E-state index in [1.165, 1.54) is 16.0 Å². The van der Waals surface area contributed by atoms with Gasteiger partial charge in [0.15, 0.2) is 0 Å². The number of hydrogen-bond donors (Lipinski definition) is 1. The van der Waals surface area contributed by atoms with Gasteiger partial charge in [0, 0.05) is 28.1 Å². The molecule has 1 amide bonds. The lowest BCUT2D eigenvalue weighted by Gasteiger charge is -2.12. The summed E-state index contributed by atoms with van der Waals surface area (Å²) in [6.45, 7) is 4.22. The summed E-state index contributed by atoms with van der Waals surface area (Å²) >= 11 is 1.71. The van der Waals surface area contributed by atoms with E-state index in [-0.39, 0.29) is 5.91 Å². The minimum atomic E-state index is -0.523. The number of rotatable bonds is 2. The number of amides is 1. The van der Waals surface area contributed by atoms with Crippen molar-refractivity contribution < 1.29 is 4.79 Å². The summed E-state index contributed by atoms with van der Waals surface area (Å²) in [5, 5.41) is 0. The van der Waals surface area contributed by atoms with Gasteiger partial charge in [-0.2, -0.15) is 0 Å². The molecule has 1 unspecified atom stereocenters. The van der Waals surface area contributed by atoms with Crippen molar-refractivity contribution in [2.45, 2.75) is 29.7 Å². The van der Waals surface area contributed by atoms with Crippen molar-refractivity contribution in [2.75, 3.05) is 11.9 Å². The first-order valence-electron chi connectivity index (χ1n) is 6.89. The number of hydrogen-bond acceptors (Lipinski definition) is 3. The summed E-state index contributed by atoms with van der Waals surface area (Å²) in [5.41, 5.74) is 10.3. The third kappa shape index (κ3) is 2.45. The van der Waals surface area contributed by atoms with Crippen molar-refractivity contribution in [3.8, 4) is 0 Å². The van der Waals surface area contributed by atoms with Crippen LogP contribution in [0.1, 0.15) is 22.7 Å². The van der Waals surface area contributed by atoms with Gasteiger partial charge in [0.1, 0.15) is 6.04 Å². The Balaban J connectivity index is 1.94. The smallest absolute Gasteiger partial charge is 0.248 e. The average Bonchev–Trinajstić information content (AvgIpc) is 2.67. The molecule has 0 radical (unpaired) electrons. The molecule has 2 N–H and O–H groups in total. The Morgan fingerprint density at radius 1 is 1.14 bits per heavy atom. The minimum absolute atomic E-state index is 0.0429. The SMILES string of the molecule is Cc1ccc(Sc2ccc3c(c2)N(C)C(=O)C3N)c(C)c1. The van der Waals surface area contributed by atoms with Gasteiger partial charge in [-0.15, -0.1) is 0 Å². The number of carbonyl (C=O) groups is 1. The molecule has 0 aromatic heterocycles. The van der Waals surface area contributed by atoms with Crippen molar-refractivity contribution in [1.29, 1.82) is 0 Å². The number of aryl methyl sites for hydroxylation is 2. The van der Waals surface area contributed by atoms with E-state index in [1.807, 2.05) is 18.2 Å². The van der Waals surface area contributed by atoms with Gasteiger partial charge in [-0.1, -0.05) is 35.5 Å². The summed E-state index contributed by atoms with van der Waals surface area (Å²) in [4.78, 5) is 15.9. The molecular formula is C17H18N2OS. The van der Waals surface area contributed by atoms with Crippen LogP contribution in [-0.4, -0.2) is 13.0 Å². The van der Waals surface area contributed by atoms with Crippen molar-refractivity contribution in [1.82, 2.24) is 0 Å². The fraction of sp³-hybridized carbons (Fsp3) is 0.235. The predicted molar refractivity (Wildman–Crippen MR) is 86.8 cm³/mol. The van der Waals surface area contributed by atoms with Crippen LogP contribution in [0.3, 0.4) is 0 Å². The highest BCUT2D eigenvalue weighted by Gasteiger charge is 2.32. The van der Waals surface area contributed by atoms with Gasteiger partial charge in [0.25, 0.3) is 0 Å². The minimum Gasteiger partial charge on any atom is -0.316 e. The number of fused-ring (bicyclic) bond motifs is 1. The molecule has 0 fully saturated rings. The first kappa shape index (κ1) is 14.2. The maximum absolute atomic E-state index is 11.9. The van der Waals surface area contributed by atoms with Crippen molar-refractivity contribution in [3.05, 3.63) is 53.1 Å². The largest absolute Gasteiger partial charge is 0.316 e. The Bertz CT molecular complexity index is 727. The molecule has 0 saturated carbocycles. The Hall–Kier alpha value is -1.78. The second-order valence-corrected chi connectivity index (χ2v) is 6.58. The normalized spacial score (nSPS) is 17.2. The van der Waals surface area contributed by atoms with Crippen LogP contribution >= 0.6 is 11.8 Å². The Morgan fingerprint density at radius 2 is 1.90 bits per heavy atom. The molecule has 2 aromatic carbocycles. The van der Waals surface area contributed by atoms with E-state index in [2.05, 4.69) is 32.0 Å². The lowest BCUT2D eigenvalue weighted by Crippen LogP contribution is -2.27. The van der Waals surface area contributed by atoms with Gasteiger partial charge in [0.2, 0.25) is 5.91 Å². The molecule has 2 aromatic rings. The topological polar surface area (TPSA) is 46.3 Å². The van der Waals surface area contributed by atoms with Crippen molar-refractivity contribution in [3.63, 3.8) is 0 Å². The summed E-state index contributed by atoms with van der Waals surface area (Å²) in [7, 11) is 1.78. The number of nitrogens with two attached hydrogens (primary N) is 1. The standard InChI is InChI=1S/C17H18N2OS/c1-10-4-7-15(11(2)8-10)21-12-5-6-13-14(9-12)19(3)17(20)16(13)18/h4-9,16H,18H2,1-3H3. The third-order valence-electron chi connectivity index (χ3n) is 3.85. The van der Waals surface area contributed by atoms with Gasteiger partial charge >= 0.3 is 0 Å². The third-order valence-corrected chi connectivity index (χ3v) is 5.02. The number of carbonyl (C=O) groups excluding carboxylic acids is 1. The lowest BCUT2D eigenvalue weighted by molar-refractivity contribution is -0.118. The summed E-state index contributed by atoms with van der Waals surface area (Å²) in [5.74, 6) is -0.0429. The molecule has 0 spiro atoms. The summed E-state index contributed by atoms with van der Waals surface area (Å²) < 4.78 is 0. The average molecular weight is 298 g/mol. The number of nitrogens with zero attached hydrogens (tertiary/aromatic N) is 1. The molecule has 4 heteroatoms. The van der Waals surface area contributed by atoms with E-state index in [1.54, 1.807) is 23.7 Å². The monoisotopic (exact) mass is 298 g/mol. The molecule has 3 nitrogen and oxygen atoms in total. The van der Waals surface area contributed by atoms with Gasteiger partial charge in [-0.3, -0.25) is 4.79 Å². The van der Waals surface area contributed by atoms with Crippen LogP contribution in [0.5, 0.6) is 0 Å². The zero-order valence-electron chi connectivity index (χ0n) is 12.4. The van der Waals surface area contributed by atoms with Crippen molar-refractivity contribution >= 4 is 23.4 Å². The number of benzene rings is 2. The maximum Gasteiger partial charge on any atom is 0.248 e. The molecular weight excluding hydrogens is 280 g/mol. The Morgan fingerprint density at radius 3 is 2.62 bits per heavy atom. The lowest BCUT2D eigenvalue weighted by atomic mass is 10.1. The van der Waals surface area contributed by atoms with Crippen LogP contribution in [0, 0.1) is 13.8 Å². The number of anilines is 1. The molecule has 3 rings (SSSR count). The zero-order chi connectivity index (χ0) is 15.1. The molecule has 21 heavy (non-hydrogen) atoms. The van der Waals surface area contributed by atoms with E-state index in [0.717, 1.165) is 16.1 Å². The molecule has 0 bridgehead atoms. The van der Waals surface area contributed by atoms with Crippen LogP contribution in [0.25, 0.3) is 0 Å². The van der Waals surface area contributed by atoms with Gasteiger partial charge < -0.3 is 10.6 Å². The molecule has 0 aliphatic carbocycles. The van der Waals surface area contributed by atoms with Gasteiger partial charge in [-0.05, 0) is 37.6 Å². The van der Waals surface area contributed by atoms with Gasteiger partial charge in [-0.25, -0.2) is 0 Å². The molecule has 1 atom stereocenters. The van der Waals surface area contributed by atoms with Crippen LogP contribution in [-0.2, 0) is 4.79 Å². The molecule has 108 valence electrons. The highest BCUT2D eigenvalue weighted by atomic mass is 32.2. The maximum atomic E-state index is 11.9. The molecule has 0 saturated heterocycles. The highest BCUT2D eigenvalue weighted by Crippen LogP contribution is 2.39. The van der Waals surface area contributed by atoms with E-state index >= 15 is 0 Å². The van der Waals surface area contributed by atoms with Crippen LogP contribution in [0.15, 0.2) is 46.2 Å². The highest BCUT2D eigenvalue weighted by molar-refractivity contribution is 7.99. The van der Waals surface area contributed by atoms with Gasteiger partial charge in [0.05, 0.1) is 0 Å². The summed E-state index contributed by atoms with van der Waals surface area (Å²) in [6, 6.07) is 12.0. The van der Waals surface area contributed by atoms with Crippen LogP contribution in [0.2, 0.25) is 0 Å². The van der Waals surface area contributed by atoms with Crippen molar-refractivity contribution in [2.24, 2.45) is 5.73 Å². The predicted octanol–water partition coefficient (Wildman–Crippen LogP) is 3.43. The van der Waals surface area contributed by atoms with E-state index < -0.39 is 6.04 Å². The number of likely N-dealkylation sites (N-methyl/N-ethyl adjacent to an activating group) is 1. The second kappa shape index (κ2) is 5.20. The van der Waals surface area contributed by atoms with E-state index in [9.17, 15) is 4.79 Å². The first-order chi connectivity index (χ1) is 9.97.